The van der Waals surface area contributed by atoms with E-state index >= 15 is 0 Å². The number of carboxylic acid groups (broad SMARTS) is 1. The second kappa shape index (κ2) is 10.4. The molecule has 0 saturated carbocycles. The molecule has 0 saturated heterocycles. The van der Waals surface area contributed by atoms with Crippen LogP contribution >= 0.6 is 0 Å². The number of furan rings is 1. The number of hydrazone groups is 1. The molecule has 4 rings (SSSR count). The van der Waals surface area contributed by atoms with Gasteiger partial charge in [0.25, 0.3) is 5.69 Å². The molecule has 0 fully saturated rings. The fourth-order valence-electron chi connectivity index (χ4n) is 3.37. The van der Waals surface area contributed by atoms with E-state index in [-0.39, 0.29) is 23.6 Å². The van der Waals surface area contributed by atoms with Gasteiger partial charge in [0.15, 0.2) is 17.3 Å². The molecule has 3 aromatic carbocycles. The van der Waals surface area contributed by atoms with Crippen molar-refractivity contribution in [3.05, 3.63) is 99.3 Å². The Labute approximate surface area is 203 Å². The van der Waals surface area contributed by atoms with E-state index in [2.05, 4.69) is 10.5 Å². The number of para-hydroxylation sites is 1. The minimum absolute atomic E-state index is 0.0666. The first-order valence-electron chi connectivity index (χ1n) is 10.5. The Hall–Kier alpha value is -5.19. The van der Waals surface area contributed by atoms with Crippen molar-refractivity contribution in [2.24, 2.45) is 5.10 Å². The van der Waals surface area contributed by atoms with Gasteiger partial charge in [-0.25, -0.2) is 10.2 Å². The Morgan fingerprint density at radius 3 is 2.69 bits per heavy atom. The van der Waals surface area contributed by atoms with Gasteiger partial charge >= 0.3 is 11.9 Å². The smallest absolute Gasteiger partial charge is 0.335 e. The number of carbonyl (C=O) groups excluding carboxylic acids is 1. The Morgan fingerprint density at radius 2 is 1.94 bits per heavy atom. The van der Waals surface area contributed by atoms with Gasteiger partial charge in [-0.3, -0.25) is 14.9 Å². The first kappa shape index (κ1) is 24.0. The van der Waals surface area contributed by atoms with Crippen LogP contribution in [-0.2, 0) is 6.61 Å². The fourth-order valence-corrected chi connectivity index (χ4v) is 3.37. The van der Waals surface area contributed by atoms with E-state index in [0.29, 0.717) is 33.6 Å². The SMILES string of the molecule is COc1cccc(/C=N\NC(=O)c2cc3cc([N+](=O)[O-])ccc3o2)c1OCc1cccc(C(=O)O)c1. The highest BCUT2D eigenvalue weighted by Crippen LogP contribution is 2.31. The van der Waals surface area contributed by atoms with Crippen molar-refractivity contribution in [3.8, 4) is 11.5 Å². The van der Waals surface area contributed by atoms with Gasteiger partial charge in [0, 0.05) is 23.1 Å². The molecule has 1 amide bonds. The molecule has 1 aromatic heterocycles. The zero-order valence-corrected chi connectivity index (χ0v) is 18.8. The number of fused-ring (bicyclic) bond motifs is 1. The molecule has 11 heteroatoms. The third-order valence-corrected chi connectivity index (χ3v) is 5.09. The van der Waals surface area contributed by atoms with Crippen molar-refractivity contribution in [3.63, 3.8) is 0 Å². The van der Waals surface area contributed by atoms with Gasteiger partial charge < -0.3 is 19.0 Å². The molecule has 4 aromatic rings. The summed E-state index contributed by atoms with van der Waals surface area (Å²) in [5.74, 6) is -1.00. The monoisotopic (exact) mass is 489 g/mol. The van der Waals surface area contributed by atoms with Crippen molar-refractivity contribution < 1.29 is 33.5 Å². The summed E-state index contributed by atoms with van der Waals surface area (Å²) in [5, 5.41) is 24.5. The van der Waals surface area contributed by atoms with Crippen LogP contribution in [0.1, 0.15) is 32.0 Å². The van der Waals surface area contributed by atoms with E-state index in [1.165, 1.54) is 49.7 Å². The molecule has 0 unspecified atom stereocenters. The number of rotatable bonds is 9. The number of amides is 1. The lowest BCUT2D eigenvalue weighted by Crippen LogP contribution is -2.16. The van der Waals surface area contributed by atoms with E-state index < -0.39 is 16.8 Å². The molecule has 11 nitrogen and oxygen atoms in total. The van der Waals surface area contributed by atoms with E-state index in [4.69, 9.17) is 13.9 Å². The zero-order chi connectivity index (χ0) is 25.7. The Bertz CT molecular complexity index is 1490. The number of methoxy groups -OCH3 is 1. The lowest BCUT2D eigenvalue weighted by molar-refractivity contribution is -0.384. The predicted molar refractivity (Wildman–Crippen MR) is 129 cm³/mol. The van der Waals surface area contributed by atoms with Crippen LogP contribution in [0, 0.1) is 10.1 Å². The van der Waals surface area contributed by atoms with E-state index in [1.807, 2.05) is 0 Å². The van der Waals surface area contributed by atoms with Gasteiger partial charge in [-0.05, 0) is 42.0 Å². The second-order valence-corrected chi connectivity index (χ2v) is 7.46. The molecular formula is C25H19N3O8. The van der Waals surface area contributed by atoms with Crippen molar-refractivity contribution in [1.82, 2.24) is 5.43 Å². The summed E-state index contributed by atoms with van der Waals surface area (Å²) in [6.07, 6.45) is 1.36. The van der Waals surface area contributed by atoms with Crippen LogP contribution in [0.25, 0.3) is 11.0 Å². The minimum Gasteiger partial charge on any atom is -0.493 e. The Kier molecular flexibility index (Phi) is 6.91. The zero-order valence-electron chi connectivity index (χ0n) is 18.8. The number of non-ortho nitro benzene ring substituents is 1. The van der Waals surface area contributed by atoms with Crippen LogP contribution in [0.4, 0.5) is 5.69 Å². The predicted octanol–water partition coefficient (Wildman–Crippen LogP) is 4.39. The number of nitrogens with one attached hydrogen (secondary N) is 1. The molecule has 2 N–H and O–H groups in total. The average Bonchev–Trinajstić information content (AvgIpc) is 3.31. The average molecular weight is 489 g/mol. The Morgan fingerprint density at radius 1 is 1.14 bits per heavy atom. The number of nitrogens with zero attached hydrogens (tertiary/aromatic N) is 2. The quantitative estimate of drug-likeness (QED) is 0.199. The summed E-state index contributed by atoms with van der Waals surface area (Å²) in [5.41, 5.74) is 3.82. The van der Waals surface area contributed by atoms with Gasteiger partial charge in [-0.1, -0.05) is 18.2 Å². The van der Waals surface area contributed by atoms with Gasteiger partial charge in [0.2, 0.25) is 0 Å². The van der Waals surface area contributed by atoms with Gasteiger partial charge in [0.05, 0.1) is 23.8 Å². The number of aromatic carboxylic acids is 1. The number of benzene rings is 3. The topological polar surface area (TPSA) is 154 Å². The van der Waals surface area contributed by atoms with E-state index in [0.717, 1.165) is 0 Å². The lowest BCUT2D eigenvalue weighted by Gasteiger charge is -2.13. The molecule has 182 valence electrons. The lowest BCUT2D eigenvalue weighted by atomic mass is 10.1. The summed E-state index contributed by atoms with van der Waals surface area (Å²) in [6.45, 7) is 0.0693. The van der Waals surface area contributed by atoms with Crippen molar-refractivity contribution >= 4 is 34.7 Å². The number of hydrogen-bond donors (Lipinski definition) is 2. The first-order valence-corrected chi connectivity index (χ1v) is 10.5. The number of hydrogen-bond acceptors (Lipinski definition) is 8. The molecule has 36 heavy (non-hydrogen) atoms. The third kappa shape index (κ3) is 5.30. The van der Waals surface area contributed by atoms with Gasteiger partial charge in [-0.15, -0.1) is 0 Å². The second-order valence-electron chi connectivity index (χ2n) is 7.46. The third-order valence-electron chi connectivity index (χ3n) is 5.09. The number of nitro benzene ring substituents is 1. The minimum atomic E-state index is -1.04. The highest BCUT2D eigenvalue weighted by atomic mass is 16.6. The van der Waals surface area contributed by atoms with Gasteiger partial charge in [0.1, 0.15) is 12.2 Å². The summed E-state index contributed by atoms with van der Waals surface area (Å²) in [6, 6.07) is 16.8. The number of carbonyl (C=O) groups is 2. The maximum absolute atomic E-state index is 12.5. The molecule has 0 spiro atoms. The molecule has 0 aliphatic heterocycles. The first-order chi connectivity index (χ1) is 17.4. The van der Waals surface area contributed by atoms with E-state index in [9.17, 15) is 24.8 Å². The number of nitro groups is 1. The van der Waals surface area contributed by atoms with Crippen molar-refractivity contribution in [1.29, 1.82) is 0 Å². The van der Waals surface area contributed by atoms with Crippen molar-refractivity contribution in [2.75, 3.05) is 7.11 Å². The molecule has 0 radical (unpaired) electrons. The summed E-state index contributed by atoms with van der Waals surface area (Å²) in [7, 11) is 1.47. The van der Waals surface area contributed by atoms with Crippen LogP contribution in [0.2, 0.25) is 0 Å². The molecular weight excluding hydrogens is 470 g/mol. The van der Waals surface area contributed by atoms with Crippen molar-refractivity contribution in [2.45, 2.75) is 6.61 Å². The summed E-state index contributed by atoms with van der Waals surface area (Å²) < 4.78 is 16.7. The highest BCUT2D eigenvalue weighted by Gasteiger charge is 2.15. The van der Waals surface area contributed by atoms with E-state index in [1.54, 1.807) is 30.3 Å². The normalized spacial score (nSPS) is 10.9. The number of carboxylic acids is 1. The van der Waals surface area contributed by atoms with Crippen LogP contribution < -0.4 is 14.9 Å². The molecule has 0 atom stereocenters. The highest BCUT2D eigenvalue weighted by molar-refractivity contribution is 5.97. The van der Waals surface area contributed by atoms with Crippen LogP contribution in [0.5, 0.6) is 11.5 Å². The van der Waals surface area contributed by atoms with Gasteiger partial charge in [-0.2, -0.15) is 5.10 Å². The van der Waals surface area contributed by atoms with Crippen LogP contribution in [0.15, 0.2) is 76.2 Å². The molecule has 0 aliphatic carbocycles. The maximum atomic E-state index is 12.5. The Balaban J connectivity index is 1.49. The number of ether oxygens (including phenoxy) is 2. The molecule has 0 aliphatic rings. The summed E-state index contributed by atoms with van der Waals surface area (Å²) >= 11 is 0. The maximum Gasteiger partial charge on any atom is 0.335 e. The summed E-state index contributed by atoms with van der Waals surface area (Å²) in [4.78, 5) is 34.1. The standard InChI is InChI=1S/C25H19N3O8/c1-34-21-7-3-6-17(23(21)35-14-15-4-2-5-16(10-15)25(30)31)13-26-27-24(29)22-12-18-11-19(28(32)33)8-9-20(18)36-22/h2-13H,14H2,1H3,(H,27,29)(H,30,31)/b26-13-. The fraction of sp³-hybridized carbons (Fsp3) is 0.0800. The molecule has 0 bridgehead atoms. The largest absolute Gasteiger partial charge is 0.493 e. The molecule has 1 heterocycles. The van der Waals surface area contributed by atoms with Crippen LogP contribution in [-0.4, -0.2) is 35.2 Å². The van der Waals surface area contributed by atoms with Crippen LogP contribution in [0.3, 0.4) is 0 Å².